The zero-order valence-electron chi connectivity index (χ0n) is 8.82. The van der Waals surface area contributed by atoms with Crippen molar-refractivity contribution in [2.24, 2.45) is 0 Å². The molecule has 1 amide bonds. The van der Waals surface area contributed by atoms with E-state index in [9.17, 15) is 4.79 Å². The number of likely N-dealkylation sites (tertiary alicyclic amines) is 1. The van der Waals surface area contributed by atoms with Gasteiger partial charge in [0.25, 0.3) is 0 Å². The summed E-state index contributed by atoms with van der Waals surface area (Å²) in [6.07, 6.45) is 3.57. The molecule has 0 aromatic carbocycles. The van der Waals surface area contributed by atoms with Crippen LogP contribution in [0.4, 0.5) is 5.82 Å². The molecule has 0 radical (unpaired) electrons. The molecule has 1 aliphatic rings. The van der Waals surface area contributed by atoms with E-state index < -0.39 is 0 Å². The van der Waals surface area contributed by atoms with E-state index >= 15 is 0 Å². The maximum Gasteiger partial charge on any atom is 0.241 e. The molecule has 86 valence electrons. The van der Waals surface area contributed by atoms with E-state index in [0.717, 1.165) is 25.9 Å². The van der Waals surface area contributed by atoms with Gasteiger partial charge in [0, 0.05) is 19.2 Å². The van der Waals surface area contributed by atoms with Crippen molar-refractivity contribution in [1.82, 2.24) is 14.9 Å². The summed E-state index contributed by atoms with van der Waals surface area (Å²) in [4.78, 5) is 21.3. The van der Waals surface area contributed by atoms with Gasteiger partial charge in [-0.3, -0.25) is 4.79 Å². The highest BCUT2D eigenvalue weighted by Gasteiger charge is 2.17. The van der Waals surface area contributed by atoms with E-state index in [1.807, 2.05) is 4.90 Å². The molecule has 6 heteroatoms. The van der Waals surface area contributed by atoms with Crippen LogP contribution in [0.1, 0.15) is 12.8 Å². The van der Waals surface area contributed by atoms with Gasteiger partial charge in [-0.15, -0.1) is 0 Å². The number of carbonyl (C=O) groups is 1. The minimum atomic E-state index is 0.104. The molecule has 1 aromatic rings. The lowest BCUT2D eigenvalue weighted by Gasteiger charge is -2.15. The van der Waals surface area contributed by atoms with Crippen molar-refractivity contribution in [1.29, 1.82) is 0 Å². The minimum Gasteiger partial charge on any atom is -0.361 e. The predicted molar refractivity (Wildman–Crippen MR) is 61.3 cm³/mol. The first-order valence-electron chi connectivity index (χ1n) is 5.25. The van der Waals surface area contributed by atoms with Crippen LogP contribution in [0.2, 0.25) is 5.15 Å². The van der Waals surface area contributed by atoms with Crippen LogP contribution in [-0.2, 0) is 4.79 Å². The van der Waals surface area contributed by atoms with Crippen LogP contribution in [-0.4, -0.2) is 40.4 Å². The number of nitrogens with zero attached hydrogens (tertiary/aromatic N) is 3. The molecule has 1 N–H and O–H groups in total. The van der Waals surface area contributed by atoms with E-state index in [2.05, 4.69) is 15.3 Å². The quantitative estimate of drug-likeness (QED) is 0.806. The van der Waals surface area contributed by atoms with Gasteiger partial charge in [-0.1, -0.05) is 11.6 Å². The Morgan fingerprint density at radius 1 is 1.44 bits per heavy atom. The topological polar surface area (TPSA) is 58.1 Å². The fraction of sp³-hybridized carbons (Fsp3) is 0.500. The van der Waals surface area contributed by atoms with Gasteiger partial charge in [0.15, 0.2) is 0 Å². The van der Waals surface area contributed by atoms with Crippen molar-refractivity contribution >= 4 is 23.3 Å². The molecule has 0 saturated carbocycles. The second-order valence-electron chi connectivity index (χ2n) is 3.67. The second kappa shape index (κ2) is 5.12. The molecular formula is C10H13ClN4O. The lowest BCUT2D eigenvalue weighted by molar-refractivity contribution is -0.128. The molecule has 2 rings (SSSR count). The van der Waals surface area contributed by atoms with Crippen molar-refractivity contribution in [2.45, 2.75) is 12.8 Å². The fourth-order valence-corrected chi connectivity index (χ4v) is 1.82. The third-order valence-electron chi connectivity index (χ3n) is 2.51. The average Bonchev–Trinajstić information content (AvgIpc) is 2.79. The molecule has 1 aromatic heterocycles. The molecule has 16 heavy (non-hydrogen) atoms. The number of nitrogens with one attached hydrogen (secondary N) is 1. The van der Waals surface area contributed by atoms with Crippen LogP contribution < -0.4 is 5.32 Å². The summed E-state index contributed by atoms with van der Waals surface area (Å²) in [5.74, 6) is 0.680. The van der Waals surface area contributed by atoms with Gasteiger partial charge in [0.2, 0.25) is 5.91 Å². The van der Waals surface area contributed by atoms with Crippen molar-refractivity contribution in [3.8, 4) is 0 Å². The molecule has 0 unspecified atom stereocenters. The SMILES string of the molecule is O=C(CNc1cc(Cl)ncn1)N1CCCC1. The Morgan fingerprint density at radius 3 is 2.88 bits per heavy atom. The summed E-state index contributed by atoms with van der Waals surface area (Å²) in [7, 11) is 0. The van der Waals surface area contributed by atoms with Crippen LogP contribution in [0.25, 0.3) is 0 Å². The van der Waals surface area contributed by atoms with Gasteiger partial charge >= 0.3 is 0 Å². The maximum absolute atomic E-state index is 11.7. The molecule has 0 aliphatic carbocycles. The molecule has 1 saturated heterocycles. The Hall–Kier alpha value is -1.36. The first-order chi connectivity index (χ1) is 7.75. The Morgan fingerprint density at radius 2 is 2.19 bits per heavy atom. The van der Waals surface area contributed by atoms with Gasteiger partial charge in [0.05, 0.1) is 6.54 Å². The van der Waals surface area contributed by atoms with E-state index in [1.165, 1.54) is 6.33 Å². The standard InChI is InChI=1S/C10H13ClN4O/c11-8-5-9(14-7-13-8)12-6-10(16)15-3-1-2-4-15/h5,7H,1-4,6H2,(H,12,13,14). The van der Waals surface area contributed by atoms with Crippen LogP contribution in [0.15, 0.2) is 12.4 Å². The Kier molecular flexibility index (Phi) is 3.56. The summed E-state index contributed by atoms with van der Waals surface area (Å²) >= 11 is 5.70. The molecular weight excluding hydrogens is 228 g/mol. The van der Waals surface area contributed by atoms with E-state index in [0.29, 0.717) is 11.0 Å². The highest BCUT2D eigenvalue weighted by Crippen LogP contribution is 2.10. The number of carbonyl (C=O) groups excluding carboxylic acids is 1. The van der Waals surface area contributed by atoms with Gasteiger partial charge in [-0.05, 0) is 12.8 Å². The van der Waals surface area contributed by atoms with Gasteiger partial charge in [0.1, 0.15) is 17.3 Å². The lowest BCUT2D eigenvalue weighted by atomic mass is 10.4. The van der Waals surface area contributed by atoms with Crippen molar-refractivity contribution in [3.63, 3.8) is 0 Å². The Bertz CT molecular complexity index is 379. The highest BCUT2D eigenvalue weighted by molar-refractivity contribution is 6.29. The Labute approximate surface area is 98.8 Å². The van der Waals surface area contributed by atoms with E-state index in [1.54, 1.807) is 6.07 Å². The normalized spacial score (nSPS) is 15.2. The van der Waals surface area contributed by atoms with Crippen molar-refractivity contribution in [2.75, 3.05) is 25.0 Å². The number of rotatable bonds is 3. The van der Waals surface area contributed by atoms with Crippen LogP contribution in [0.3, 0.4) is 0 Å². The number of hydrogen-bond donors (Lipinski definition) is 1. The van der Waals surface area contributed by atoms with Crippen molar-refractivity contribution in [3.05, 3.63) is 17.5 Å². The zero-order valence-corrected chi connectivity index (χ0v) is 9.57. The smallest absolute Gasteiger partial charge is 0.241 e. The van der Waals surface area contributed by atoms with Crippen LogP contribution >= 0.6 is 11.6 Å². The van der Waals surface area contributed by atoms with Crippen LogP contribution in [0, 0.1) is 0 Å². The third-order valence-corrected chi connectivity index (χ3v) is 2.72. The maximum atomic E-state index is 11.7. The predicted octanol–water partition coefficient (Wildman–Crippen LogP) is 1.16. The number of amides is 1. The summed E-state index contributed by atoms with van der Waals surface area (Å²) in [6.45, 7) is 1.99. The van der Waals surface area contributed by atoms with E-state index in [-0.39, 0.29) is 12.5 Å². The van der Waals surface area contributed by atoms with E-state index in [4.69, 9.17) is 11.6 Å². The molecule has 1 fully saturated rings. The monoisotopic (exact) mass is 240 g/mol. The summed E-state index contributed by atoms with van der Waals surface area (Å²) < 4.78 is 0. The van der Waals surface area contributed by atoms with Crippen molar-refractivity contribution < 1.29 is 4.79 Å². The first-order valence-corrected chi connectivity index (χ1v) is 5.63. The number of aromatic nitrogens is 2. The second-order valence-corrected chi connectivity index (χ2v) is 4.05. The first kappa shape index (κ1) is 11.1. The number of halogens is 1. The number of hydrogen-bond acceptors (Lipinski definition) is 4. The molecule has 5 nitrogen and oxygen atoms in total. The average molecular weight is 241 g/mol. The lowest BCUT2D eigenvalue weighted by Crippen LogP contribution is -2.33. The fourth-order valence-electron chi connectivity index (χ4n) is 1.67. The third kappa shape index (κ3) is 2.82. The van der Waals surface area contributed by atoms with Gasteiger partial charge < -0.3 is 10.2 Å². The highest BCUT2D eigenvalue weighted by atomic mass is 35.5. The number of anilines is 1. The van der Waals surface area contributed by atoms with Gasteiger partial charge in [-0.25, -0.2) is 9.97 Å². The minimum absolute atomic E-state index is 0.104. The largest absolute Gasteiger partial charge is 0.361 e. The molecule has 2 heterocycles. The molecule has 0 spiro atoms. The van der Waals surface area contributed by atoms with Crippen LogP contribution in [0.5, 0.6) is 0 Å². The molecule has 0 atom stereocenters. The van der Waals surface area contributed by atoms with Gasteiger partial charge in [-0.2, -0.15) is 0 Å². The molecule has 0 bridgehead atoms. The zero-order chi connectivity index (χ0) is 11.4. The Balaban J connectivity index is 1.84. The summed E-state index contributed by atoms with van der Waals surface area (Å²) in [5.41, 5.74) is 0. The summed E-state index contributed by atoms with van der Waals surface area (Å²) in [6, 6.07) is 1.60. The summed E-state index contributed by atoms with van der Waals surface area (Å²) in [5, 5.41) is 3.30. The molecule has 1 aliphatic heterocycles.